The molecule has 0 radical (unpaired) electrons. The molecule has 1 saturated carbocycles. The highest BCUT2D eigenvalue weighted by atomic mass is 16.2. The molecule has 2 N–H and O–H groups in total. The van der Waals surface area contributed by atoms with E-state index in [1.165, 1.54) is 0 Å². The van der Waals surface area contributed by atoms with Gasteiger partial charge in [0.2, 0.25) is 5.91 Å². The highest BCUT2D eigenvalue weighted by molar-refractivity contribution is 5.81. The SMILES string of the molecule is CC(NC(C)c1ccc(C#N)cc1)C(=O)NC1CC1. The highest BCUT2D eigenvalue weighted by Crippen LogP contribution is 2.19. The van der Waals surface area contributed by atoms with Crippen LogP contribution >= 0.6 is 0 Å². The van der Waals surface area contributed by atoms with E-state index in [2.05, 4.69) is 16.7 Å². The molecule has 0 heterocycles. The third-order valence-electron chi connectivity index (χ3n) is 3.36. The van der Waals surface area contributed by atoms with Gasteiger partial charge in [0, 0.05) is 12.1 Å². The second-order valence-electron chi connectivity index (χ2n) is 5.13. The quantitative estimate of drug-likeness (QED) is 0.846. The molecule has 19 heavy (non-hydrogen) atoms. The average molecular weight is 257 g/mol. The largest absolute Gasteiger partial charge is 0.352 e. The Kier molecular flexibility index (Phi) is 4.18. The molecule has 0 aromatic heterocycles. The molecule has 2 rings (SSSR count). The minimum absolute atomic E-state index is 0.0583. The number of carbonyl (C=O) groups is 1. The summed E-state index contributed by atoms with van der Waals surface area (Å²) in [5, 5.41) is 15.0. The van der Waals surface area contributed by atoms with Gasteiger partial charge in [0.1, 0.15) is 0 Å². The third kappa shape index (κ3) is 3.80. The summed E-state index contributed by atoms with van der Waals surface area (Å²) in [5.74, 6) is 0.0583. The molecule has 1 aliphatic rings. The van der Waals surface area contributed by atoms with E-state index in [0.29, 0.717) is 11.6 Å². The van der Waals surface area contributed by atoms with E-state index in [0.717, 1.165) is 18.4 Å². The Morgan fingerprint density at radius 3 is 2.47 bits per heavy atom. The summed E-state index contributed by atoms with van der Waals surface area (Å²) in [5.41, 5.74) is 1.72. The fraction of sp³-hybridized carbons (Fsp3) is 0.467. The Morgan fingerprint density at radius 1 is 1.32 bits per heavy atom. The molecule has 0 spiro atoms. The van der Waals surface area contributed by atoms with E-state index in [-0.39, 0.29) is 18.0 Å². The minimum atomic E-state index is -0.216. The van der Waals surface area contributed by atoms with Crippen molar-refractivity contribution in [3.05, 3.63) is 35.4 Å². The van der Waals surface area contributed by atoms with Gasteiger partial charge in [-0.1, -0.05) is 12.1 Å². The summed E-state index contributed by atoms with van der Waals surface area (Å²) in [4.78, 5) is 11.8. The third-order valence-corrected chi connectivity index (χ3v) is 3.36. The van der Waals surface area contributed by atoms with Gasteiger partial charge in [0.25, 0.3) is 0 Å². The van der Waals surface area contributed by atoms with Gasteiger partial charge in [0.15, 0.2) is 0 Å². The maximum atomic E-state index is 11.8. The van der Waals surface area contributed by atoms with Gasteiger partial charge >= 0.3 is 0 Å². The van der Waals surface area contributed by atoms with Crippen LogP contribution in [0.25, 0.3) is 0 Å². The standard InChI is InChI=1S/C15H19N3O/c1-10(13-5-3-12(9-16)4-6-13)17-11(2)15(19)18-14-7-8-14/h3-6,10-11,14,17H,7-8H2,1-2H3,(H,18,19). The monoisotopic (exact) mass is 257 g/mol. The highest BCUT2D eigenvalue weighted by Gasteiger charge is 2.26. The molecule has 1 fully saturated rings. The maximum absolute atomic E-state index is 11.8. The number of hydrogen-bond acceptors (Lipinski definition) is 3. The van der Waals surface area contributed by atoms with Crippen LogP contribution in [0, 0.1) is 11.3 Å². The number of nitrogens with zero attached hydrogens (tertiary/aromatic N) is 1. The number of hydrogen-bond donors (Lipinski definition) is 2. The number of amides is 1. The maximum Gasteiger partial charge on any atom is 0.237 e. The smallest absolute Gasteiger partial charge is 0.237 e. The van der Waals surface area contributed by atoms with Crippen LogP contribution in [-0.2, 0) is 4.79 Å². The van der Waals surface area contributed by atoms with E-state index in [4.69, 9.17) is 5.26 Å². The van der Waals surface area contributed by atoms with Gasteiger partial charge in [-0.2, -0.15) is 5.26 Å². The van der Waals surface area contributed by atoms with Crippen molar-refractivity contribution >= 4 is 5.91 Å². The Morgan fingerprint density at radius 2 is 1.95 bits per heavy atom. The van der Waals surface area contributed by atoms with E-state index < -0.39 is 0 Å². The topological polar surface area (TPSA) is 64.9 Å². The zero-order valence-electron chi connectivity index (χ0n) is 11.3. The fourth-order valence-electron chi connectivity index (χ4n) is 1.95. The van der Waals surface area contributed by atoms with Crippen LogP contribution in [0.2, 0.25) is 0 Å². The molecule has 1 amide bonds. The Hall–Kier alpha value is -1.86. The zero-order valence-corrected chi connectivity index (χ0v) is 11.3. The first kappa shape index (κ1) is 13.6. The lowest BCUT2D eigenvalue weighted by atomic mass is 10.1. The van der Waals surface area contributed by atoms with Crippen molar-refractivity contribution in [2.24, 2.45) is 0 Å². The number of nitriles is 1. The lowest BCUT2D eigenvalue weighted by molar-refractivity contribution is -0.123. The molecule has 1 aromatic rings. The number of carbonyl (C=O) groups excluding carboxylic acids is 1. The molecular formula is C15H19N3O. The van der Waals surface area contributed by atoms with Crippen molar-refractivity contribution < 1.29 is 4.79 Å². The number of nitrogens with one attached hydrogen (secondary N) is 2. The van der Waals surface area contributed by atoms with E-state index in [1.807, 2.05) is 26.0 Å². The Bertz CT molecular complexity index is 485. The molecular weight excluding hydrogens is 238 g/mol. The summed E-state index contributed by atoms with van der Waals surface area (Å²) in [6.45, 7) is 3.89. The summed E-state index contributed by atoms with van der Waals surface area (Å²) in [7, 11) is 0. The van der Waals surface area contributed by atoms with Crippen molar-refractivity contribution in [2.45, 2.75) is 44.8 Å². The Balaban J connectivity index is 1.89. The predicted octanol–water partition coefficient (Wildman–Crippen LogP) is 1.88. The Labute approximate surface area is 113 Å². The number of rotatable bonds is 5. The van der Waals surface area contributed by atoms with Crippen LogP contribution in [0.4, 0.5) is 0 Å². The first-order valence-electron chi connectivity index (χ1n) is 6.66. The molecule has 2 unspecified atom stereocenters. The van der Waals surface area contributed by atoms with Crippen LogP contribution in [0.15, 0.2) is 24.3 Å². The molecule has 0 bridgehead atoms. The lowest BCUT2D eigenvalue weighted by Gasteiger charge is -2.20. The van der Waals surface area contributed by atoms with Crippen molar-refractivity contribution in [1.82, 2.24) is 10.6 Å². The molecule has 0 aliphatic heterocycles. The molecule has 1 aromatic carbocycles. The van der Waals surface area contributed by atoms with Gasteiger partial charge in [-0.25, -0.2) is 0 Å². The van der Waals surface area contributed by atoms with E-state index in [1.54, 1.807) is 12.1 Å². The van der Waals surface area contributed by atoms with Crippen LogP contribution < -0.4 is 10.6 Å². The molecule has 2 atom stereocenters. The predicted molar refractivity (Wildman–Crippen MR) is 73.3 cm³/mol. The zero-order chi connectivity index (χ0) is 13.8. The molecule has 1 aliphatic carbocycles. The second-order valence-corrected chi connectivity index (χ2v) is 5.13. The van der Waals surface area contributed by atoms with Crippen molar-refractivity contribution in [2.75, 3.05) is 0 Å². The minimum Gasteiger partial charge on any atom is -0.352 e. The lowest BCUT2D eigenvalue weighted by Crippen LogP contribution is -2.43. The average Bonchev–Trinajstić information content (AvgIpc) is 3.22. The van der Waals surface area contributed by atoms with Crippen molar-refractivity contribution in [3.63, 3.8) is 0 Å². The fourth-order valence-corrected chi connectivity index (χ4v) is 1.95. The normalized spacial score (nSPS) is 17.3. The van der Waals surface area contributed by atoms with Crippen molar-refractivity contribution in [3.8, 4) is 6.07 Å². The molecule has 4 heteroatoms. The van der Waals surface area contributed by atoms with Crippen molar-refractivity contribution in [1.29, 1.82) is 5.26 Å². The first-order valence-corrected chi connectivity index (χ1v) is 6.66. The van der Waals surface area contributed by atoms with Gasteiger partial charge in [-0.05, 0) is 44.4 Å². The summed E-state index contributed by atoms with van der Waals surface area (Å²) >= 11 is 0. The van der Waals surface area contributed by atoms with Crippen LogP contribution in [-0.4, -0.2) is 18.0 Å². The van der Waals surface area contributed by atoms with Crippen LogP contribution in [0.3, 0.4) is 0 Å². The van der Waals surface area contributed by atoms with E-state index in [9.17, 15) is 4.79 Å². The van der Waals surface area contributed by atoms with Gasteiger partial charge in [0.05, 0.1) is 17.7 Å². The van der Waals surface area contributed by atoms with Crippen LogP contribution in [0.5, 0.6) is 0 Å². The molecule has 100 valence electrons. The summed E-state index contributed by atoms with van der Waals surface area (Å²) in [6.07, 6.45) is 2.20. The first-order chi connectivity index (χ1) is 9.10. The summed E-state index contributed by atoms with van der Waals surface area (Å²) in [6, 6.07) is 9.77. The molecule has 0 saturated heterocycles. The van der Waals surface area contributed by atoms with Crippen LogP contribution in [0.1, 0.15) is 43.9 Å². The second kappa shape index (κ2) is 5.85. The van der Waals surface area contributed by atoms with Gasteiger partial charge < -0.3 is 5.32 Å². The van der Waals surface area contributed by atoms with E-state index >= 15 is 0 Å². The molecule has 4 nitrogen and oxygen atoms in total. The van der Waals surface area contributed by atoms with Gasteiger partial charge in [-0.15, -0.1) is 0 Å². The van der Waals surface area contributed by atoms with Gasteiger partial charge in [-0.3, -0.25) is 10.1 Å². The number of benzene rings is 1. The summed E-state index contributed by atoms with van der Waals surface area (Å²) < 4.78 is 0.